The SMILES string of the molecule is O=C(O)c1ccc(COc2c(Br)cc(/C=c3\sc4nc5ccccc5n4c3=O)cc2Br)cc1. The summed E-state index contributed by atoms with van der Waals surface area (Å²) in [7, 11) is 0. The Morgan fingerprint density at radius 2 is 1.79 bits per heavy atom. The molecule has 5 rings (SSSR count). The highest BCUT2D eigenvalue weighted by Crippen LogP contribution is 2.35. The van der Waals surface area contributed by atoms with Crippen LogP contribution in [-0.2, 0) is 6.61 Å². The predicted octanol–water partition coefficient (Wildman–Crippen LogP) is 5.26. The molecule has 0 saturated carbocycles. The fourth-order valence-electron chi connectivity index (χ4n) is 3.46. The third-order valence-electron chi connectivity index (χ3n) is 5.05. The van der Waals surface area contributed by atoms with Crippen molar-refractivity contribution in [1.82, 2.24) is 9.38 Å². The number of aromatic carboxylic acids is 1. The number of nitrogens with zero attached hydrogens (tertiary/aromatic N) is 2. The number of hydrogen-bond donors (Lipinski definition) is 1. The zero-order chi connectivity index (χ0) is 23.1. The molecule has 0 atom stereocenters. The predicted molar refractivity (Wildman–Crippen MR) is 135 cm³/mol. The van der Waals surface area contributed by atoms with E-state index in [-0.39, 0.29) is 17.7 Å². The van der Waals surface area contributed by atoms with Gasteiger partial charge in [0.1, 0.15) is 12.4 Å². The third kappa shape index (κ3) is 4.19. The average molecular weight is 586 g/mol. The minimum absolute atomic E-state index is 0.0962. The Balaban J connectivity index is 1.44. The molecule has 0 fully saturated rings. The molecular formula is C24H14Br2N2O4S. The quantitative estimate of drug-likeness (QED) is 0.304. The molecular weight excluding hydrogens is 572 g/mol. The van der Waals surface area contributed by atoms with E-state index < -0.39 is 5.97 Å². The van der Waals surface area contributed by atoms with Gasteiger partial charge in [0.15, 0.2) is 4.96 Å². The molecule has 0 bridgehead atoms. The van der Waals surface area contributed by atoms with Gasteiger partial charge >= 0.3 is 5.97 Å². The van der Waals surface area contributed by atoms with Gasteiger partial charge in [-0.25, -0.2) is 14.2 Å². The van der Waals surface area contributed by atoms with E-state index in [0.717, 1.165) is 31.1 Å². The summed E-state index contributed by atoms with van der Waals surface area (Å²) >= 11 is 8.45. The zero-order valence-electron chi connectivity index (χ0n) is 16.8. The van der Waals surface area contributed by atoms with E-state index in [1.54, 1.807) is 28.7 Å². The van der Waals surface area contributed by atoms with E-state index >= 15 is 0 Å². The Labute approximate surface area is 208 Å². The second-order valence-electron chi connectivity index (χ2n) is 7.24. The van der Waals surface area contributed by atoms with Gasteiger partial charge in [0.05, 0.1) is 30.1 Å². The van der Waals surface area contributed by atoms with Crippen molar-refractivity contribution >= 4 is 71.2 Å². The minimum atomic E-state index is -0.965. The number of para-hydroxylation sites is 2. The molecule has 0 radical (unpaired) electrons. The van der Waals surface area contributed by atoms with Crippen LogP contribution in [0.1, 0.15) is 21.5 Å². The highest BCUT2D eigenvalue weighted by atomic mass is 79.9. The molecule has 0 saturated heterocycles. The Kier molecular flexibility index (Phi) is 5.77. The van der Waals surface area contributed by atoms with Crippen LogP contribution in [0.5, 0.6) is 5.75 Å². The maximum atomic E-state index is 13.0. The lowest BCUT2D eigenvalue weighted by atomic mass is 10.1. The lowest BCUT2D eigenvalue weighted by molar-refractivity contribution is 0.0697. The molecule has 9 heteroatoms. The van der Waals surface area contributed by atoms with Crippen molar-refractivity contribution in [3.05, 3.63) is 101 Å². The standard InChI is InChI=1S/C24H14Br2N2O4S/c25-16-9-14(10-17(26)21(16)32-12-13-5-7-15(8-6-13)23(30)31)11-20-22(29)28-19-4-2-1-3-18(19)27-24(28)33-20/h1-11H,12H2,(H,30,31)/b20-11-. The number of rotatable bonds is 5. The molecule has 5 aromatic rings. The number of benzene rings is 3. The molecule has 2 aromatic heterocycles. The van der Waals surface area contributed by atoms with E-state index in [2.05, 4.69) is 36.8 Å². The van der Waals surface area contributed by atoms with Crippen LogP contribution in [0.25, 0.3) is 22.1 Å². The summed E-state index contributed by atoms with van der Waals surface area (Å²) in [5, 5.41) is 9.01. The molecule has 33 heavy (non-hydrogen) atoms. The molecule has 0 aliphatic rings. The lowest BCUT2D eigenvalue weighted by Crippen LogP contribution is -2.22. The monoisotopic (exact) mass is 584 g/mol. The maximum absolute atomic E-state index is 13.0. The number of carboxylic acid groups (broad SMARTS) is 1. The van der Waals surface area contributed by atoms with Gasteiger partial charge in [-0.1, -0.05) is 35.6 Å². The molecule has 1 N–H and O–H groups in total. The zero-order valence-corrected chi connectivity index (χ0v) is 20.8. The van der Waals surface area contributed by atoms with Crippen LogP contribution in [0.2, 0.25) is 0 Å². The summed E-state index contributed by atoms with van der Waals surface area (Å²) in [6.45, 7) is 0.278. The molecule has 3 aromatic carbocycles. The number of ether oxygens (including phenoxy) is 1. The fourth-order valence-corrected chi connectivity index (χ4v) is 5.90. The Morgan fingerprint density at radius 1 is 1.09 bits per heavy atom. The van der Waals surface area contributed by atoms with Crippen molar-refractivity contribution in [3.8, 4) is 5.75 Å². The first kappa shape index (κ1) is 21.8. The molecule has 6 nitrogen and oxygen atoms in total. The van der Waals surface area contributed by atoms with Gasteiger partial charge in [0.2, 0.25) is 0 Å². The number of fused-ring (bicyclic) bond motifs is 3. The first-order valence-corrected chi connectivity index (χ1v) is 12.2. The summed E-state index contributed by atoms with van der Waals surface area (Å²) in [6.07, 6.45) is 1.83. The van der Waals surface area contributed by atoms with Crippen LogP contribution in [0.4, 0.5) is 0 Å². The van der Waals surface area contributed by atoms with E-state index in [1.165, 1.54) is 11.3 Å². The second-order valence-corrected chi connectivity index (χ2v) is 9.96. The van der Waals surface area contributed by atoms with Gasteiger partial charge in [-0.3, -0.25) is 4.79 Å². The van der Waals surface area contributed by atoms with Gasteiger partial charge < -0.3 is 9.84 Å². The van der Waals surface area contributed by atoms with Gasteiger partial charge in [0, 0.05) is 0 Å². The van der Waals surface area contributed by atoms with Crippen LogP contribution in [-0.4, -0.2) is 20.5 Å². The fraction of sp³-hybridized carbons (Fsp3) is 0.0417. The van der Waals surface area contributed by atoms with E-state index in [4.69, 9.17) is 9.84 Å². The molecule has 0 unspecified atom stereocenters. The summed E-state index contributed by atoms with van der Waals surface area (Å²) in [4.78, 5) is 29.2. The van der Waals surface area contributed by atoms with Crippen LogP contribution in [0, 0.1) is 0 Å². The van der Waals surface area contributed by atoms with E-state index in [1.807, 2.05) is 42.5 Å². The Morgan fingerprint density at radius 3 is 2.48 bits per heavy atom. The highest BCUT2D eigenvalue weighted by molar-refractivity contribution is 9.11. The lowest BCUT2D eigenvalue weighted by Gasteiger charge is -2.11. The van der Waals surface area contributed by atoms with Crippen molar-refractivity contribution in [2.45, 2.75) is 6.61 Å². The molecule has 0 aliphatic carbocycles. The van der Waals surface area contributed by atoms with Crippen molar-refractivity contribution < 1.29 is 14.6 Å². The summed E-state index contributed by atoms with van der Waals surface area (Å²) in [6, 6.07) is 17.9. The largest absolute Gasteiger partial charge is 0.487 e. The van der Waals surface area contributed by atoms with Crippen LogP contribution >= 0.6 is 43.2 Å². The normalized spacial score (nSPS) is 12.0. The molecule has 0 aliphatic heterocycles. The second kappa shape index (κ2) is 8.74. The minimum Gasteiger partial charge on any atom is -0.487 e. The number of carboxylic acids is 1. The topological polar surface area (TPSA) is 80.9 Å². The van der Waals surface area contributed by atoms with Crippen LogP contribution in [0.3, 0.4) is 0 Å². The van der Waals surface area contributed by atoms with Gasteiger partial charge in [-0.05, 0) is 85.5 Å². The number of carbonyl (C=O) groups is 1. The summed E-state index contributed by atoms with van der Waals surface area (Å²) in [5.41, 5.74) is 3.42. The Bertz CT molecular complexity index is 1620. The third-order valence-corrected chi connectivity index (χ3v) is 7.19. The molecule has 0 amide bonds. The Hall–Kier alpha value is -3.01. The van der Waals surface area contributed by atoms with E-state index in [0.29, 0.717) is 15.2 Å². The number of hydrogen-bond acceptors (Lipinski definition) is 5. The maximum Gasteiger partial charge on any atom is 0.335 e. The number of aromatic nitrogens is 2. The van der Waals surface area contributed by atoms with Crippen molar-refractivity contribution in [2.75, 3.05) is 0 Å². The number of halogens is 2. The van der Waals surface area contributed by atoms with Crippen LogP contribution in [0.15, 0.2) is 74.4 Å². The average Bonchev–Trinajstić information content (AvgIpc) is 3.29. The number of thiazole rings is 1. The molecule has 0 spiro atoms. The molecule has 2 heterocycles. The summed E-state index contributed by atoms with van der Waals surface area (Å²) in [5.74, 6) is -0.350. The van der Waals surface area contributed by atoms with Crippen molar-refractivity contribution in [1.29, 1.82) is 0 Å². The van der Waals surface area contributed by atoms with Gasteiger partial charge in [-0.15, -0.1) is 0 Å². The first-order chi connectivity index (χ1) is 15.9. The van der Waals surface area contributed by atoms with Crippen molar-refractivity contribution in [2.24, 2.45) is 0 Å². The number of imidazole rings is 1. The van der Waals surface area contributed by atoms with Crippen molar-refractivity contribution in [3.63, 3.8) is 0 Å². The van der Waals surface area contributed by atoms with E-state index in [9.17, 15) is 9.59 Å². The van der Waals surface area contributed by atoms with Crippen LogP contribution < -0.4 is 14.8 Å². The van der Waals surface area contributed by atoms with Gasteiger partial charge in [0.25, 0.3) is 5.56 Å². The molecule has 164 valence electrons. The van der Waals surface area contributed by atoms with Gasteiger partial charge in [-0.2, -0.15) is 0 Å². The first-order valence-electron chi connectivity index (χ1n) is 9.76. The smallest absolute Gasteiger partial charge is 0.335 e. The highest BCUT2D eigenvalue weighted by Gasteiger charge is 2.13. The summed E-state index contributed by atoms with van der Waals surface area (Å²) < 4.78 is 9.63.